The Labute approximate surface area is 170 Å². The number of rotatable bonds is 7. The Hall–Kier alpha value is -3.13. The number of benzene rings is 2. The molecule has 1 aliphatic rings. The summed E-state index contributed by atoms with van der Waals surface area (Å²) in [4.78, 5) is 12.2. The first-order valence-electron chi connectivity index (χ1n) is 9.18. The van der Waals surface area contributed by atoms with E-state index in [9.17, 15) is 13.2 Å². The number of amides is 1. The quantitative estimate of drug-likeness (QED) is 0.725. The molecule has 3 rings (SSSR count). The lowest BCUT2D eigenvalue weighted by Gasteiger charge is -2.17. The van der Waals surface area contributed by atoms with Crippen LogP contribution in [0.3, 0.4) is 0 Å². The molecule has 0 bridgehead atoms. The van der Waals surface area contributed by atoms with Gasteiger partial charge in [-0.2, -0.15) is 8.42 Å². The standard InChI is InChI=1S/C21H23N3O4S/c1-15-20(16(2)24-29(26,27)23-15)12-13-21(25)22-18-8-10-19(11-9-18)28-14-17-6-4-3-5-7-17/h3-11,23H,12-14H2,1-2H3,(H,22,25). The molecule has 0 saturated carbocycles. The second-order valence-corrected chi connectivity index (χ2v) is 8.04. The van der Waals surface area contributed by atoms with Crippen molar-refractivity contribution in [1.29, 1.82) is 0 Å². The number of nitrogens with one attached hydrogen (secondary N) is 2. The van der Waals surface area contributed by atoms with Crippen molar-refractivity contribution in [2.24, 2.45) is 4.40 Å². The van der Waals surface area contributed by atoms with Crippen molar-refractivity contribution in [3.05, 3.63) is 71.4 Å². The van der Waals surface area contributed by atoms with E-state index >= 15 is 0 Å². The predicted octanol–water partition coefficient (Wildman–Crippen LogP) is 3.57. The number of hydrogen-bond acceptors (Lipinski definition) is 4. The largest absolute Gasteiger partial charge is 0.489 e. The number of allylic oxidation sites excluding steroid dienone is 2. The van der Waals surface area contributed by atoms with Crippen LogP contribution in [-0.2, 0) is 21.6 Å². The van der Waals surface area contributed by atoms with Gasteiger partial charge >= 0.3 is 10.2 Å². The van der Waals surface area contributed by atoms with Crippen LogP contribution in [0.5, 0.6) is 5.75 Å². The van der Waals surface area contributed by atoms with Gasteiger partial charge in [0.25, 0.3) is 0 Å². The van der Waals surface area contributed by atoms with E-state index in [-0.39, 0.29) is 12.3 Å². The van der Waals surface area contributed by atoms with Gasteiger partial charge in [-0.25, -0.2) is 0 Å². The molecule has 0 atom stereocenters. The number of hydrogen-bond donors (Lipinski definition) is 2. The van der Waals surface area contributed by atoms with Crippen LogP contribution < -0.4 is 14.8 Å². The van der Waals surface area contributed by atoms with Gasteiger partial charge in [0, 0.05) is 17.8 Å². The summed E-state index contributed by atoms with van der Waals surface area (Å²) in [6.45, 7) is 3.77. The van der Waals surface area contributed by atoms with Crippen LogP contribution in [0.25, 0.3) is 0 Å². The minimum absolute atomic E-state index is 0.163. The van der Waals surface area contributed by atoms with E-state index in [1.54, 1.807) is 38.1 Å². The summed E-state index contributed by atoms with van der Waals surface area (Å²) in [7, 11) is -3.66. The number of carbonyl (C=O) groups excluding carboxylic acids is 1. The van der Waals surface area contributed by atoms with Crippen molar-refractivity contribution < 1.29 is 17.9 Å². The van der Waals surface area contributed by atoms with Crippen LogP contribution in [0.4, 0.5) is 5.69 Å². The van der Waals surface area contributed by atoms with Crippen molar-refractivity contribution in [1.82, 2.24) is 4.72 Å². The first kappa shape index (κ1) is 20.6. The highest BCUT2D eigenvalue weighted by atomic mass is 32.2. The number of nitrogens with zero attached hydrogens (tertiary/aromatic N) is 1. The van der Waals surface area contributed by atoms with Crippen molar-refractivity contribution in [2.75, 3.05) is 5.32 Å². The van der Waals surface area contributed by atoms with Gasteiger partial charge in [0.2, 0.25) is 5.91 Å². The van der Waals surface area contributed by atoms with E-state index in [0.717, 1.165) is 11.1 Å². The summed E-state index contributed by atoms with van der Waals surface area (Å²) < 4.78 is 34.8. The van der Waals surface area contributed by atoms with E-state index < -0.39 is 10.2 Å². The Kier molecular flexibility index (Phi) is 6.33. The second kappa shape index (κ2) is 8.91. The van der Waals surface area contributed by atoms with Gasteiger partial charge in [-0.05, 0) is 55.7 Å². The minimum Gasteiger partial charge on any atom is -0.489 e. The van der Waals surface area contributed by atoms with Gasteiger partial charge in [0.1, 0.15) is 12.4 Å². The smallest absolute Gasteiger partial charge is 0.342 e. The zero-order valence-electron chi connectivity index (χ0n) is 16.3. The molecule has 0 radical (unpaired) electrons. The fourth-order valence-corrected chi connectivity index (χ4v) is 4.02. The maximum atomic E-state index is 12.2. The van der Waals surface area contributed by atoms with E-state index in [0.29, 0.717) is 35.9 Å². The van der Waals surface area contributed by atoms with E-state index in [4.69, 9.17) is 4.74 Å². The summed E-state index contributed by atoms with van der Waals surface area (Å²) in [5.74, 6) is 0.554. The second-order valence-electron chi connectivity index (χ2n) is 6.70. The molecule has 29 heavy (non-hydrogen) atoms. The fourth-order valence-electron chi connectivity index (χ4n) is 2.99. The monoisotopic (exact) mass is 413 g/mol. The lowest BCUT2D eigenvalue weighted by atomic mass is 10.0. The van der Waals surface area contributed by atoms with Crippen molar-refractivity contribution in [2.45, 2.75) is 33.3 Å². The molecule has 1 heterocycles. The number of ether oxygens (including phenoxy) is 1. The van der Waals surface area contributed by atoms with Gasteiger partial charge in [0.15, 0.2) is 0 Å². The third-order valence-corrected chi connectivity index (χ3v) is 5.50. The van der Waals surface area contributed by atoms with Gasteiger partial charge in [0.05, 0.1) is 5.71 Å². The van der Waals surface area contributed by atoms with Crippen LogP contribution in [0.2, 0.25) is 0 Å². The lowest BCUT2D eigenvalue weighted by molar-refractivity contribution is -0.116. The molecule has 0 fully saturated rings. The highest BCUT2D eigenvalue weighted by molar-refractivity contribution is 7.88. The van der Waals surface area contributed by atoms with Gasteiger partial charge in [-0.3, -0.25) is 9.52 Å². The van der Waals surface area contributed by atoms with Crippen molar-refractivity contribution in [3.63, 3.8) is 0 Å². The molecule has 2 aromatic rings. The molecule has 8 heteroatoms. The molecule has 0 unspecified atom stereocenters. The zero-order chi connectivity index (χ0) is 20.9. The summed E-state index contributed by atoms with van der Waals surface area (Å²) in [5, 5.41) is 2.83. The van der Waals surface area contributed by atoms with Gasteiger partial charge in [-0.1, -0.05) is 30.3 Å². The van der Waals surface area contributed by atoms with E-state index in [1.807, 2.05) is 30.3 Å². The molecule has 1 amide bonds. The Balaban J connectivity index is 1.50. The zero-order valence-corrected chi connectivity index (χ0v) is 17.1. The molecule has 0 aromatic heterocycles. The third kappa shape index (κ3) is 5.92. The molecule has 2 N–H and O–H groups in total. The topological polar surface area (TPSA) is 96.9 Å². The molecule has 7 nitrogen and oxygen atoms in total. The first-order chi connectivity index (χ1) is 13.8. The van der Waals surface area contributed by atoms with Crippen LogP contribution in [0, 0.1) is 0 Å². The molecule has 0 aliphatic carbocycles. The Morgan fingerprint density at radius 3 is 2.41 bits per heavy atom. The first-order valence-corrected chi connectivity index (χ1v) is 10.6. The highest BCUT2D eigenvalue weighted by Gasteiger charge is 2.20. The van der Waals surface area contributed by atoms with Crippen molar-refractivity contribution >= 4 is 27.5 Å². The number of carbonyl (C=O) groups is 1. The summed E-state index contributed by atoms with van der Waals surface area (Å²) in [6.07, 6.45) is 0.612. The summed E-state index contributed by atoms with van der Waals surface area (Å²) >= 11 is 0. The van der Waals surface area contributed by atoms with Gasteiger partial charge in [-0.15, -0.1) is 4.40 Å². The predicted molar refractivity (Wildman–Crippen MR) is 113 cm³/mol. The van der Waals surface area contributed by atoms with E-state index in [2.05, 4.69) is 14.4 Å². The highest BCUT2D eigenvalue weighted by Crippen LogP contribution is 2.20. The van der Waals surface area contributed by atoms with Crippen molar-refractivity contribution in [3.8, 4) is 5.75 Å². The third-order valence-electron chi connectivity index (χ3n) is 4.42. The summed E-state index contributed by atoms with van der Waals surface area (Å²) in [6, 6.07) is 17.0. The maximum absolute atomic E-state index is 12.2. The SMILES string of the molecule is CC1=NS(=O)(=O)NC(C)=C1CCC(=O)Nc1ccc(OCc2ccccc2)cc1. The van der Waals surface area contributed by atoms with Gasteiger partial charge < -0.3 is 10.1 Å². The normalized spacial score (nSPS) is 15.3. The Morgan fingerprint density at radius 1 is 1.07 bits per heavy atom. The molecule has 2 aromatic carbocycles. The van der Waals surface area contributed by atoms with E-state index in [1.165, 1.54) is 0 Å². The molecule has 0 saturated heterocycles. The molecule has 152 valence electrons. The van der Waals surface area contributed by atoms with Crippen LogP contribution >= 0.6 is 0 Å². The minimum atomic E-state index is -3.66. The average molecular weight is 413 g/mol. The fraction of sp³-hybridized carbons (Fsp3) is 0.238. The average Bonchev–Trinajstić information content (AvgIpc) is 2.66. The Bertz CT molecular complexity index is 1040. The maximum Gasteiger partial charge on any atom is 0.342 e. The van der Waals surface area contributed by atoms with Crippen LogP contribution in [0.1, 0.15) is 32.3 Å². The lowest BCUT2D eigenvalue weighted by Crippen LogP contribution is -2.28. The summed E-state index contributed by atoms with van der Waals surface area (Å²) in [5.41, 5.74) is 3.40. The Morgan fingerprint density at radius 2 is 1.76 bits per heavy atom. The number of anilines is 1. The van der Waals surface area contributed by atoms with Crippen LogP contribution in [-0.4, -0.2) is 20.0 Å². The molecule has 0 spiro atoms. The molecular weight excluding hydrogens is 390 g/mol. The molecular formula is C21H23N3O4S. The van der Waals surface area contributed by atoms with Crippen LogP contribution in [0.15, 0.2) is 70.3 Å². The molecule has 1 aliphatic heterocycles.